The van der Waals surface area contributed by atoms with Gasteiger partial charge in [-0.1, -0.05) is 63.2 Å². The number of aliphatic hydroxyl groups is 1. The van der Waals surface area contributed by atoms with Crippen LogP contribution in [0.3, 0.4) is 0 Å². The third-order valence-corrected chi connectivity index (χ3v) is 6.49. The van der Waals surface area contributed by atoms with Crippen LogP contribution in [0.5, 0.6) is 0 Å². The molecule has 2 nitrogen and oxygen atoms in total. The van der Waals surface area contributed by atoms with Gasteiger partial charge in [0.15, 0.2) is 0 Å². The molecule has 4 rings (SSSR count). The molecule has 0 amide bonds. The van der Waals surface area contributed by atoms with Crippen LogP contribution in [-0.2, 0) is 5.41 Å². The number of hydrogen-bond donors (Lipinski definition) is 2. The van der Waals surface area contributed by atoms with E-state index in [1.165, 1.54) is 28.8 Å². The first-order valence-corrected chi connectivity index (χ1v) is 10.0. The highest BCUT2D eigenvalue weighted by Gasteiger charge is 2.41. The molecule has 0 saturated heterocycles. The lowest BCUT2D eigenvalue weighted by atomic mass is 9.64. The molecule has 0 bridgehead atoms. The zero-order valence-corrected chi connectivity index (χ0v) is 16.2. The standard InChI is InChI=1S/C24H31NO/c1-24(2,3)18-10-12-22-21(14-18)20-13-16(15-26)9-11-19(20)23(25-22)17-7-5-4-6-8-17/h4-8,10,12,14,16,19-20,23,25-26H,9,11,13,15H2,1-3H3/t16-,19+,20-,23-/m1/s1. The van der Waals surface area contributed by atoms with Crippen LogP contribution < -0.4 is 5.32 Å². The van der Waals surface area contributed by atoms with Gasteiger partial charge in [-0.25, -0.2) is 0 Å². The maximum atomic E-state index is 9.78. The molecule has 2 aliphatic rings. The fourth-order valence-electron chi connectivity index (χ4n) is 4.94. The first-order valence-electron chi connectivity index (χ1n) is 10.0. The third-order valence-electron chi connectivity index (χ3n) is 6.49. The van der Waals surface area contributed by atoms with Gasteiger partial charge in [-0.15, -0.1) is 0 Å². The number of benzene rings is 2. The van der Waals surface area contributed by atoms with Crippen molar-refractivity contribution in [2.24, 2.45) is 11.8 Å². The first kappa shape index (κ1) is 17.6. The molecule has 0 radical (unpaired) electrons. The van der Waals surface area contributed by atoms with Gasteiger partial charge in [0.1, 0.15) is 0 Å². The molecule has 4 atom stereocenters. The zero-order valence-electron chi connectivity index (χ0n) is 16.2. The van der Waals surface area contributed by atoms with Crippen molar-refractivity contribution in [2.45, 2.75) is 57.4 Å². The molecule has 0 aromatic heterocycles. The Morgan fingerprint density at radius 1 is 1.04 bits per heavy atom. The molecule has 0 spiro atoms. The molecule has 1 aliphatic carbocycles. The molecule has 138 valence electrons. The highest BCUT2D eigenvalue weighted by Crippen LogP contribution is 2.53. The fraction of sp³-hybridized carbons (Fsp3) is 0.500. The molecule has 26 heavy (non-hydrogen) atoms. The van der Waals surface area contributed by atoms with Gasteiger partial charge >= 0.3 is 0 Å². The Labute approximate surface area is 157 Å². The smallest absolute Gasteiger partial charge is 0.0547 e. The van der Waals surface area contributed by atoms with Crippen LogP contribution in [0.25, 0.3) is 0 Å². The van der Waals surface area contributed by atoms with Crippen molar-refractivity contribution in [3.8, 4) is 0 Å². The SMILES string of the molecule is CC(C)(C)c1ccc2c(c1)[C@@H]1C[C@H](CO)CC[C@@H]1[C@@H](c1ccccc1)N2. The highest BCUT2D eigenvalue weighted by molar-refractivity contribution is 5.59. The minimum Gasteiger partial charge on any atom is -0.396 e. The van der Waals surface area contributed by atoms with Gasteiger partial charge in [-0.05, 0) is 65.2 Å². The minimum absolute atomic E-state index is 0.159. The fourth-order valence-corrected chi connectivity index (χ4v) is 4.94. The summed E-state index contributed by atoms with van der Waals surface area (Å²) in [6, 6.07) is 18.2. The largest absolute Gasteiger partial charge is 0.396 e. The second-order valence-corrected chi connectivity index (χ2v) is 9.22. The summed E-state index contributed by atoms with van der Waals surface area (Å²) in [5, 5.41) is 13.6. The molecule has 1 saturated carbocycles. The van der Waals surface area contributed by atoms with E-state index in [2.05, 4.69) is 74.6 Å². The third kappa shape index (κ3) is 3.16. The van der Waals surface area contributed by atoms with Crippen LogP contribution >= 0.6 is 0 Å². The molecule has 1 aliphatic heterocycles. The molecule has 0 unspecified atom stereocenters. The Hall–Kier alpha value is -1.80. The van der Waals surface area contributed by atoms with Crippen molar-refractivity contribution >= 4 is 5.69 Å². The van der Waals surface area contributed by atoms with Crippen LogP contribution in [0.2, 0.25) is 0 Å². The van der Waals surface area contributed by atoms with Gasteiger partial charge in [-0.2, -0.15) is 0 Å². The molecular weight excluding hydrogens is 318 g/mol. The van der Waals surface area contributed by atoms with E-state index in [0.29, 0.717) is 30.4 Å². The van der Waals surface area contributed by atoms with E-state index in [1.54, 1.807) is 0 Å². The van der Waals surface area contributed by atoms with Gasteiger partial charge in [0.2, 0.25) is 0 Å². The summed E-state index contributed by atoms with van der Waals surface area (Å²) < 4.78 is 0. The van der Waals surface area contributed by atoms with Gasteiger partial charge in [0.25, 0.3) is 0 Å². The van der Waals surface area contributed by atoms with Crippen molar-refractivity contribution in [3.05, 3.63) is 65.2 Å². The molecule has 2 N–H and O–H groups in total. The van der Waals surface area contributed by atoms with Crippen molar-refractivity contribution in [3.63, 3.8) is 0 Å². The van der Waals surface area contributed by atoms with E-state index >= 15 is 0 Å². The summed E-state index contributed by atoms with van der Waals surface area (Å²) in [6.07, 6.45) is 3.42. The van der Waals surface area contributed by atoms with Gasteiger partial charge in [-0.3, -0.25) is 0 Å². The molecule has 1 heterocycles. The number of anilines is 1. The van der Waals surface area contributed by atoms with E-state index in [9.17, 15) is 5.11 Å². The number of fused-ring (bicyclic) bond motifs is 3. The Kier molecular flexibility index (Phi) is 4.56. The minimum atomic E-state index is 0.159. The average molecular weight is 350 g/mol. The number of nitrogens with one attached hydrogen (secondary N) is 1. The molecule has 1 fully saturated rings. The highest BCUT2D eigenvalue weighted by atomic mass is 16.3. The Bertz CT molecular complexity index is 762. The first-order chi connectivity index (χ1) is 12.5. The average Bonchev–Trinajstić information content (AvgIpc) is 2.66. The van der Waals surface area contributed by atoms with Crippen LogP contribution in [0.15, 0.2) is 48.5 Å². The summed E-state index contributed by atoms with van der Waals surface area (Å²) in [7, 11) is 0. The second-order valence-electron chi connectivity index (χ2n) is 9.22. The summed E-state index contributed by atoms with van der Waals surface area (Å²) in [4.78, 5) is 0. The molecule has 2 heteroatoms. The normalized spacial score (nSPS) is 28.0. The lowest BCUT2D eigenvalue weighted by Crippen LogP contribution is -2.36. The van der Waals surface area contributed by atoms with Crippen molar-refractivity contribution < 1.29 is 5.11 Å². The van der Waals surface area contributed by atoms with Crippen LogP contribution in [-0.4, -0.2) is 11.7 Å². The number of rotatable bonds is 2. The topological polar surface area (TPSA) is 32.3 Å². The van der Waals surface area contributed by atoms with Gasteiger partial charge in [0.05, 0.1) is 6.04 Å². The zero-order chi connectivity index (χ0) is 18.3. The second kappa shape index (κ2) is 6.74. The summed E-state index contributed by atoms with van der Waals surface area (Å²) >= 11 is 0. The molecule has 2 aromatic carbocycles. The summed E-state index contributed by atoms with van der Waals surface area (Å²) in [5.41, 5.74) is 5.70. The monoisotopic (exact) mass is 349 g/mol. The number of hydrogen-bond acceptors (Lipinski definition) is 2. The summed E-state index contributed by atoms with van der Waals surface area (Å²) in [6.45, 7) is 7.17. The van der Waals surface area contributed by atoms with E-state index in [4.69, 9.17) is 0 Å². The van der Waals surface area contributed by atoms with Gasteiger partial charge in [0, 0.05) is 12.3 Å². The van der Waals surface area contributed by atoms with E-state index < -0.39 is 0 Å². The molecule has 2 aromatic rings. The predicted octanol–water partition coefficient (Wildman–Crippen LogP) is 5.64. The Balaban J connectivity index is 1.77. The lowest BCUT2D eigenvalue weighted by Gasteiger charge is -2.46. The van der Waals surface area contributed by atoms with Crippen LogP contribution in [0.4, 0.5) is 5.69 Å². The van der Waals surface area contributed by atoms with Crippen LogP contribution in [0.1, 0.15) is 68.7 Å². The van der Waals surface area contributed by atoms with Crippen molar-refractivity contribution in [1.82, 2.24) is 0 Å². The van der Waals surface area contributed by atoms with E-state index in [1.807, 2.05) is 0 Å². The quantitative estimate of drug-likeness (QED) is 0.735. The Morgan fingerprint density at radius 3 is 2.50 bits per heavy atom. The van der Waals surface area contributed by atoms with E-state index in [0.717, 1.165) is 12.8 Å². The maximum Gasteiger partial charge on any atom is 0.0547 e. The van der Waals surface area contributed by atoms with Crippen molar-refractivity contribution in [2.75, 3.05) is 11.9 Å². The summed E-state index contributed by atoms with van der Waals surface area (Å²) in [5.74, 6) is 1.57. The van der Waals surface area contributed by atoms with Crippen LogP contribution in [0, 0.1) is 11.8 Å². The van der Waals surface area contributed by atoms with E-state index in [-0.39, 0.29) is 5.41 Å². The number of aliphatic hydroxyl groups excluding tert-OH is 1. The van der Waals surface area contributed by atoms with Crippen molar-refractivity contribution in [1.29, 1.82) is 0 Å². The molecular formula is C24H31NO. The Morgan fingerprint density at radius 2 is 1.81 bits per heavy atom. The predicted molar refractivity (Wildman–Crippen MR) is 109 cm³/mol. The van der Waals surface area contributed by atoms with Gasteiger partial charge < -0.3 is 10.4 Å². The lowest BCUT2D eigenvalue weighted by molar-refractivity contribution is 0.139. The maximum absolute atomic E-state index is 9.78.